The molecule has 0 radical (unpaired) electrons. The van der Waals surface area contributed by atoms with Crippen LogP contribution in [0.2, 0.25) is 0 Å². The third kappa shape index (κ3) is 5.87. The van der Waals surface area contributed by atoms with Crippen LogP contribution in [-0.4, -0.2) is 43.7 Å². The van der Waals surface area contributed by atoms with Crippen LogP contribution in [0.1, 0.15) is 25.7 Å². The van der Waals surface area contributed by atoms with Crippen molar-refractivity contribution in [3.63, 3.8) is 0 Å². The molecule has 4 heteroatoms. The molecule has 15 heavy (non-hydrogen) atoms. The minimum Gasteiger partial charge on any atom is -0.396 e. The molecule has 0 atom stereocenters. The van der Waals surface area contributed by atoms with Gasteiger partial charge in [-0.25, -0.2) is 0 Å². The fraction of sp³-hybridized carbons (Fsp3) is 0.909. The quantitative estimate of drug-likeness (QED) is 0.571. The molecule has 88 valence electrons. The van der Waals surface area contributed by atoms with Crippen LogP contribution in [-0.2, 0) is 4.79 Å². The van der Waals surface area contributed by atoms with Gasteiger partial charge in [0.15, 0.2) is 0 Å². The average Bonchev–Trinajstić information content (AvgIpc) is 2.32. The zero-order chi connectivity index (χ0) is 10.9. The van der Waals surface area contributed by atoms with E-state index in [1.165, 1.54) is 0 Å². The number of carbonyl (C=O) groups excluding carboxylic acids is 1. The molecule has 2 aliphatic rings. The van der Waals surface area contributed by atoms with Crippen molar-refractivity contribution in [2.45, 2.75) is 25.7 Å². The fourth-order valence-electron chi connectivity index (χ4n) is 1.77. The minimum atomic E-state index is 0.377. The van der Waals surface area contributed by atoms with Gasteiger partial charge in [-0.15, -0.1) is 0 Å². The van der Waals surface area contributed by atoms with E-state index in [-0.39, 0.29) is 0 Å². The first-order valence-electron chi connectivity index (χ1n) is 5.87. The first-order chi connectivity index (χ1) is 7.33. The van der Waals surface area contributed by atoms with Crippen LogP contribution in [0.5, 0.6) is 0 Å². The Morgan fingerprint density at radius 3 is 1.93 bits per heavy atom. The van der Waals surface area contributed by atoms with E-state index in [2.05, 4.69) is 10.6 Å². The number of nitrogens with one attached hydrogen (secondary N) is 2. The van der Waals surface area contributed by atoms with Crippen LogP contribution in [0.4, 0.5) is 0 Å². The molecular weight excluding hydrogens is 192 g/mol. The highest BCUT2D eigenvalue weighted by Crippen LogP contribution is 2.08. The maximum absolute atomic E-state index is 10.4. The first-order valence-corrected chi connectivity index (χ1v) is 5.87. The first kappa shape index (κ1) is 12.6. The number of hydrogen-bond donors (Lipinski definition) is 3. The van der Waals surface area contributed by atoms with E-state index in [0.29, 0.717) is 18.3 Å². The lowest BCUT2D eigenvalue weighted by Gasteiger charge is -2.19. The van der Waals surface area contributed by atoms with Gasteiger partial charge in [-0.05, 0) is 31.8 Å². The lowest BCUT2D eigenvalue weighted by Crippen LogP contribution is -2.29. The SMILES string of the molecule is O=C1CCNCC1.OCC1CCNCC1. The van der Waals surface area contributed by atoms with E-state index in [1.807, 2.05) is 0 Å². The van der Waals surface area contributed by atoms with Crippen molar-refractivity contribution in [2.24, 2.45) is 5.92 Å². The monoisotopic (exact) mass is 214 g/mol. The largest absolute Gasteiger partial charge is 0.396 e. The van der Waals surface area contributed by atoms with Gasteiger partial charge in [-0.1, -0.05) is 0 Å². The zero-order valence-corrected chi connectivity index (χ0v) is 9.30. The molecule has 0 aromatic heterocycles. The van der Waals surface area contributed by atoms with Gasteiger partial charge in [0.25, 0.3) is 0 Å². The molecule has 0 saturated carbocycles. The summed E-state index contributed by atoms with van der Waals surface area (Å²) in [7, 11) is 0. The van der Waals surface area contributed by atoms with Gasteiger partial charge in [0.1, 0.15) is 5.78 Å². The van der Waals surface area contributed by atoms with Crippen LogP contribution in [0.3, 0.4) is 0 Å². The number of Topliss-reactive ketones (excluding diaryl/α,β-unsaturated/α-hetero) is 1. The average molecular weight is 214 g/mol. The van der Waals surface area contributed by atoms with Crippen LogP contribution in [0.15, 0.2) is 0 Å². The predicted octanol–water partition coefficient (Wildman–Crippen LogP) is -0.0828. The maximum atomic E-state index is 10.4. The molecule has 0 spiro atoms. The summed E-state index contributed by atoms with van der Waals surface area (Å²) in [5.41, 5.74) is 0. The lowest BCUT2D eigenvalue weighted by molar-refractivity contribution is -0.119. The number of aliphatic hydroxyl groups excluding tert-OH is 1. The van der Waals surface area contributed by atoms with Crippen LogP contribution in [0.25, 0.3) is 0 Å². The molecule has 3 N–H and O–H groups in total. The van der Waals surface area contributed by atoms with E-state index in [0.717, 1.165) is 51.9 Å². The highest BCUT2D eigenvalue weighted by molar-refractivity contribution is 5.79. The summed E-state index contributed by atoms with van der Waals surface area (Å²) in [5, 5.41) is 15.0. The van der Waals surface area contributed by atoms with E-state index >= 15 is 0 Å². The Kier molecular flexibility index (Phi) is 6.55. The summed E-state index contributed by atoms with van der Waals surface area (Å²) < 4.78 is 0. The second kappa shape index (κ2) is 7.79. The van der Waals surface area contributed by atoms with Gasteiger partial charge >= 0.3 is 0 Å². The third-order valence-corrected chi connectivity index (χ3v) is 2.88. The molecule has 0 aromatic rings. The summed E-state index contributed by atoms with van der Waals surface area (Å²) in [6.07, 6.45) is 3.77. The van der Waals surface area contributed by atoms with Crippen molar-refractivity contribution in [3.8, 4) is 0 Å². The Morgan fingerprint density at radius 1 is 1.07 bits per heavy atom. The Hall–Kier alpha value is -0.450. The predicted molar refractivity (Wildman–Crippen MR) is 59.8 cm³/mol. The highest BCUT2D eigenvalue weighted by atomic mass is 16.3. The number of ketones is 1. The van der Waals surface area contributed by atoms with Gasteiger partial charge in [0.2, 0.25) is 0 Å². The molecule has 2 fully saturated rings. The van der Waals surface area contributed by atoms with E-state index in [9.17, 15) is 4.79 Å². The Morgan fingerprint density at radius 2 is 1.60 bits per heavy atom. The summed E-state index contributed by atoms with van der Waals surface area (Å²) in [6, 6.07) is 0. The second-order valence-corrected chi connectivity index (χ2v) is 4.16. The Bertz CT molecular complexity index is 171. The van der Waals surface area contributed by atoms with Crippen LogP contribution in [0, 0.1) is 5.92 Å². The second-order valence-electron chi connectivity index (χ2n) is 4.16. The number of rotatable bonds is 1. The number of carbonyl (C=O) groups is 1. The number of hydrogen-bond acceptors (Lipinski definition) is 4. The van der Waals surface area contributed by atoms with Gasteiger partial charge in [-0.3, -0.25) is 4.79 Å². The minimum absolute atomic E-state index is 0.377. The normalized spacial score (nSPS) is 23.1. The molecule has 0 aromatic carbocycles. The number of piperidine rings is 2. The van der Waals surface area contributed by atoms with Gasteiger partial charge in [0.05, 0.1) is 0 Å². The summed E-state index contributed by atoms with van der Waals surface area (Å²) in [5.74, 6) is 0.981. The highest BCUT2D eigenvalue weighted by Gasteiger charge is 2.10. The molecule has 0 amide bonds. The lowest BCUT2D eigenvalue weighted by atomic mass is 10.00. The molecule has 0 aliphatic carbocycles. The van der Waals surface area contributed by atoms with Crippen molar-refractivity contribution in [1.29, 1.82) is 0 Å². The van der Waals surface area contributed by atoms with Gasteiger partial charge in [-0.2, -0.15) is 0 Å². The standard InChI is InChI=1S/C6H13NO.C5H9NO/c8-5-6-1-3-7-4-2-6;7-5-1-3-6-4-2-5/h6-8H,1-5H2;6H,1-4H2. The van der Waals surface area contributed by atoms with Crippen molar-refractivity contribution in [1.82, 2.24) is 10.6 Å². The molecular formula is C11H22N2O2. The van der Waals surface area contributed by atoms with Crippen LogP contribution < -0.4 is 10.6 Å². The summed E-state index contributed by atoms with van der Waals surface area (Å²) in [6.45, 7) is 4.33. The van der Waals surface area contributed by atoms with E-state index < -0.39 is 0 Å². The molecule has 2 heterocycles. The maximum Gasteiger partial charge on any atom is 0.135 e. The van der Waals surface area contributed by atoms with Crippen molar-refractivity contribution in [3.05, 3.63) is 0 Å². The van der Waals surface area contributed by atoms with Crippen molar-refractivity contribution in [2.75, 3.05) is 32.8 Å². The zero-order valence-electron chi connectivity index (χ0n) is 9.30. The summed E-state index contributed by atoms with van der Waals surface area (Å²) >= 11 is 0. The Balaban J connectivity index is 0.000000151. The topological polar surface area (TPSA) is 61.4 Å². The van der Waals surface area contributed by atoms with Gasteiger partial charge < -0.3 is 15.7 Å². The van der Waals surface area contributed by atoms with E-state index in [1.54, 1.807) is 0 Å². The van der Waals surface area contributed by atoms with Crippen molar-refractivity contribution < 1.29 is 9.90 Å². The molecule has 2 aliphatic heterocycles. The van der Waals surface area contributed by atoms with E-state index in [4.69, 9.17) is 5.11 Å². The van der Waals surface area contributed by atoms with Crippen molar-refractivity contribution >= 4 is 5.78 Å². The number of aliphatic hydroxyl groups is 1. The fourth-order valence-corrected chi connectivity index (χ4v) is 1.77. The van der Waals surface area contributed by atoms with Crippen LogP contribution >= 0.6 is 0 Å². The smallest absolute Gasteiger partial charge is 0.135 e. The molecule has 0 unspecified atom stereocenters. The Labute approximate surface area is 91.4 Å². The summed E-state index contributed by atoms with van der Waals surface area (Å²) in [4.78, 5) is 10.4. The molecule has 2 rings (SSSR count). The molecule has 0 bridgehead atoms. The molecule has 4 nitrogen and oxygen atoms in total. The van der Waals surface area contributed by atoms with Gasteiger partial charge in [0, 0.05) is 32.5 Å². The molecule has 2 saturated heterocycles. The third-order valence-electron chi connectivity index (χ3n) is 2.88.